The van der Waals surface area contributed by atoms with Crippen molar-refractivity contribution < 1.29 is 18.7 Å². The number of fused-ring (bicyclic) bond motifs is 1. The molecule has 3 aromatic rings. The van der Waals surface area contributed by atoms with Crippen molar-refractivity contribution in [1.29, 1.82) is 0 Å². The average molecular weight is 287 g/mol. The Bertz CT molecular complexity index is 760. The van der Waals surface area contributed by atoms with Crippen molar-refractivity contribution in [3.63, 3.8) is 0 Å². The minimum absolute atomic E-state index is 0.212. The Morgan fingerprint density at radius 3 is 3.00 bits per heavy atom. The lowest BCUT2D eigenvalue weighted by Gasteiger charge is -2.03. The number of hydrogen-bond acceptors (Lipinski definition) is 6. The third kappa shape index (κ3) is 2.46. The van der Waals surface area contributed by atoms with Crippen LogP contribution in [0, 0.1) is 0 Å². The number of oxazole rings is 1. The van der Waals surface area contributed by atoms with Crippen molar-refractivity contribution in [2.75, 3.05) is 6.61 Å². The number of aromatic nitrogens is 1. The van der Waals surface area contributed by atoms with Gasteiger partial charge in [-0.25, -0.2) is 9.78 Å². The Hall–Kier alpha value is -2.47. The van der Waals surface area contributed by atoms with Gasteiger partial charge in [0.1, 0.15) is 5.52 Å². The summed E-state index contributed by atoms with van der Waals surface area (Å²) in [5.74, 6) is -0.768. The van der Waals surface area contributed by atoms with Crippen molar-refractivity contribution in [2.24, 2.45) is 0 Å². The molecule has 2 heterocycles. The molecule has 0 N–H and O–H groups in total. The van der Waals surface area contributed by atoms with Crippen LogP contribution in [0.1, 0.15) is 20.0 Å². The number of ketones is 1. The maximum absolute atomic E-state index is 11.9. The maximum Gasteiger partial charge on any atom is 0.338 e. The number of nitrogens with zero attached hydrogens (tertiary/aromatic N) is 1. The van der Waals surface area contributed by atoms with Crippen LogP contribution >= 0.6 is 11.3 Å². The highest BCUT2D eigenvalue weighted by Crippen LogP contribution is 2.15. The number of thiophene rings is 1. The molecule has 100 valence electrons. The van der Waals surface area contributed by atoms with E-state index in [1.807, 2.05) is 0 Å². The fraction of sp³-hybridized carbons (Fsp3) is 0.0714. The molecule has 5 nitrogen and oxygen atoms in total. The first kappa shape index (κ1) is 12.6. The normalized spacial score (nSPS) is 10.6. The van der Waals surface area contributed by atoms with Gasteiger partial charge in [0.2, 0.25) is 5.78 Å². The second kappa shape index (κ2) is 5.26. The molecule has 0 atom stereocenters. The summed E-state index contributed by atoms with van der Waals surface area (Å²) in [5, 5.41) is 1.80. The number of Topliss-reactive ketones (excluding diaryl/α,β-unsaturated/α-hetero) is 1. The van der Waals surface area contributed by atoms with E-state index in [4.69, 9.17) is 9.15 Å². The van der Waals surface area contributed by atoms with E-state index in [-0.39, 0.29) is 12.4 Å². The lowest BCUT2D eigenvalue weighted by atomic mass is 10.2. The van der Waals surface area contributed by atoms with Crippen molar-refractivity contribution in [3.8, 4) is 0 Å². The smallest absolute Gasteiger partial charge is 0.338 e. The van der Waals surface area contributed by atoms with Gasteiger partial charge in [-0.1, -0.05) is 6.07 Å². The lowest BCUT2D eigenvalue weighted by molar-refractivity contribution is 0.0476. The first-order valence-corrected chi connectivity index (χ1v) is 6.69. The second-order valence-corrected chi connectivity index (χ2v) is 4.96. The molecule has 0 spiro atoms. The molecule has 1 aromatic carbocycles. The van der Waals surface area contributed by atoms with Gasteiger partial charge in [0.25, 0.3) is 0 Å². The molecule has 6 heteroatoms. The summed E-state index contributed by atoms with van der Waals surface area (Å²) in [4.78, 5) is 28.1. The van der Waals surface area contributed by atoms with Gasteiger partial charge in [-0.2, -0.15) is 0 Å². The molecule has 0 radical (unpaired) electrons. The highest BCUT2D eigenvalue weighted by molar-refractivity contribution is 7.12. The fourth-order valence-corrected chi connectivity index (χ4v) is 2.36. The van der Waals surface area contributed by atoms with Crippen LogP contribution in [0.2, 0.25) is 0 Å². The third-order valence-corrected chi connectivity index (χ3v) is 3.61. The summed E-state index contributed by atoms with van der Waals surface area (Å²) in [6.45, 7) is -0.268. The molecule has 0 saturated heterocycles. The standard InChI is InChI=1S/C14H9NO4S/c16-11(13-2-1-5-20-13)7-18-14(17)9-3-4-12-10(6-9)15-8-19-12/h1-6,8H,7H2. The summed E-state index contributed by atoms with van der Waals surface area (Å²) in [5.41, 5.74) is 1.51. The average Bonchev–Trinajstić information content (AvgIpc) is 3.13. The number of carbonyl (C=O) groups is 2. The summed E-state index contributed by atoms with van der Waals surface area (Å²) >= 11 is 1.32. The first-order chi connectivity index (χ1) is 9.74. The van der Waals surface area contributed by atoms with Crippen LogP contribution in [-0.2, 0) is 4.74 Å². The molecule has 3 rings (SSSR count). The predicted molar refractivity (Wildman–Crippen MR) is 72.9 cm³/mol. The number of rotatable bonds is 4. The minimum atomic E-state index is -0.556. The Kier molecular flexibility index (Phi) is 3.30. The SMILES string of the molecule is O=C(OCC(=O)c1cccs1)c1ccc2ocnc2c1. The van der Waals surface area contributed by atoms with Crippen LogP contribution < -0.4 is 0 Å². The van der Waals surface area contributed by atoms with E-state index in [2.05, 4.69) is 4.98 Å². The molecule has 0 bridgehead atoms. The number of hydrogen-bond donors (Lipinski definition) is 0. The van der Waals surface area contributed by atoms with Gasteiger partial charge in [-0.15, -0.1) is 11.3 Å². The monoisotopic (exact) mass is 287 g/mol. The molecule has 0 saturated carbocycles. The van der Waals surface area contributed by atoms with E-state index in [1.165, 1.54) is 17.7 Å². The molecule has 0 aliphatic rings. The Morgan fingerprint density at radius 1 is 1.30 bits per heavy atom. The zero-order valence-electron chi connectivity index (χ0n) is 10.2. The van der Waals surface area contributed by atoms with Gasteiger partial charge in [0, 0.05) is 0 Å². The number of benzene rings is 1. The molecule has 0 aliphatic carbocycles. The zero-order chi connectivity index (χ0) is 13.9. The summed E-state index contributed by atoms with van der Waals surface area (Å²) in [6, 6.07) is 8.25. The fourth-order valence-electron chi connectivity index (χ4n) is 1.71. The van der Waals surface area contributed by atoms with Gasteiger partial charge in [-0.3, -0.25) is 4.79 Å². The van der Waals surface area contributed by atoms with E-state index in [1.54, 1.807) is 35.7 Å². The molecular formula is C14H9NO4S. The van der Waals surface area contributed by atoms with Crippen LogP contribution in [0.3, 0.4) is 0 Å². The third-order valence-electron chi connectivity index (χ3n) is 2.70. The van der Waals surface area contributed by atoms with Crippen LogP contribution in [0.15, 0.2) is 46.5 Å². The summed E-state index contributed by atoms with van der Waals surface area (Å²) in [6.07, 6.45) is 1.31. The number of ether oxygens (including phenoxy) is 1. The van der Waals surface area contributed by atoms with E-state index in [0.29, 0.717) is 21.5 Å². The van der Waals surface area contributed by atoms with Crippen molar-refractivity contribution in [2.45, 2.75) is 0 Å². The largest absolute Gasteiger partial charge is 0.454 e. The van der Waals surface area contributed by atoms with Crippen LogP contribution in [-0.4, -0.2) is 23.3 Å². The Morgan fingerprint density at radius 2 is 2.20 bits per heavy atom. The van der Waals surface area contributed by atoms with E-state index in [0.717, 1.165) is 0 Å². The van der Waals surface area contributed by atoms with E-state index >= 15 is 0 Å². The van der Waals surface area contributed by atoms with Crippen LogP contribution in [0.5, 0.6) is 0 Å². The predicted octanol–water partition coefficient (Wildman–Crippen LogP) is 2.93. The molecule has 20 heavy (non-hydrogen) atoms. The van der Waals surface area contributed by atoms with Crippen molar-refractivity contribution in [3.05, 3.63) is 52.5 Å². The van der Waals surface area contributed by atoms with E-state index < -0.39 is 5.97 Å². The lowest BCUT2D eigenvalue weighted by Crippen LogP contribution is -2.13. The highest BCUT2D eigenvalue weighted by Gasteiger charge is 2.13. The van der Waals surface area contributed by atoms with Crippen molar-refractivity contribution >= 4 is 34.2 Å². The van der Waals surface area contributed by atoms with Crippen molar-refractivity contribution in [1.82, 2.24) is 4.98 Å². The summed E-state index contributed by atoms with van der Waals surface area (Å²) < 4.78 is 10.1. The molecule has 0 aliphatic heterocycles. The molecule has 2 aromatic heterocycles. The molecule has 0 unspecified atom stereocenters. The quantitative estimate of drug-likeness (QED) is 0.545. The van der Waals surface area contributed by atoms with Gasteiger partial charge in [-0.05, 0) is 29.6 Å². The topological polar surface area (TPSA) is 69.4 Å². The van der Waals surface area contributed by atoms with Crippen LogP contribution in [0.4, 0.5) is 0 Å². The van der Waals surface area contributed by atoms with Gasteiger partial charge < -0.3 is 9.15 Å². The summed E-state index contributed by atoms with van der Waals surface area (Å²) in [7, 11) is 0. The van der Waals surface area contributed by atoms with Crippen LogP contribution in [0.25, 0.3) is 11.1 Å². The zero-order valence-corrected chi connectivity index (χ0v) is 11.1. The maximum atomic E-state index is 11.9. The number of carbonyl (C=O) groups excluding carboxylic acids is 2. The molecule has 0 fully saturated rings. The van der Waals surface area contributed by atoms with E-state index in [9.17, 15) is 9.59 Å². The Balaban J connectivity index is 1.68. The van der Waals surface area contributed by atoms with Gasteiger partial charge in [0.15, 0.2) is 18.6 Å². The molecular weight excluding hydrogens is 278 g/mol. The molecule has 0 amide bonds. The van der Waals surface area contributed by atoms with Gasteiger partial charge in [0.05, 0.1) is 10.4 Å². The van der Waals surface area contributed by atoms with Gasteiger partial charge >= 0.3 is 5.97 Å². The highest BCUT2D eigenvalue weighted by atomic mass is 32.1. The first-order valence-electron chi connectivity index (χ1n) is 5.81. The second-order valence-electron chi connectivity index (χ2n) is 4.01. The number of esters is 1. The minimum Gasteiger partial charge on any atom is -0.454 e. The Labute approximate surface area is 117 Å².